The Kier molecular flexibility index (Phi) is 3.63. The highest BCUT2D eigenvalue weighted by Gasteiger charge is 2.09. The number of halogens is 2. The number of anilines is 1. The second-order valence-electron chi connectivity index (χ2n) is 3.95. The molecule has 0 atom stereocenters. The normalized spacial score (nSPS) is 10.2. The van der Waals surface area contributed by atoms with Crippen molar-refractivity contribution in [2.75, 3.05) is 5.32 Å². The molecule has 0 aromatic heterocycles. The van der Waals surface area contributed by atoms with Crippen LogP contribution in [0.2, 0.25) is 5.02 Å². The van der Waals surface area contributed by atoms with Gasteiger partial charge in [0.05, 0.1) is 5.69 Å². The van der Waals surface area contributed by atoms with E-state index in [1.807, 2.05) is 6.92 Å². The molecule has 2 aromatic carbocycles. The number of rotatable bonds is 2. The maximum Gasteiger partial charge on any atom is 0.255 e. The second-order valence-corrected chi connectivity index (χ2v) is 4.38. The molecule has 0 spiro atoms. The van der Waals surface area contributed by atoms with E-state index in [1.54, 1.807) is 30.3 Å². The fourth-order valence-corrected chi connectivity index (χ4v) is 1.75. The van der Waals surface area contributed by atoms with E-state index in [4.69, 9.17) is 11.6 Å². The molecule has 18 heavy (non-hydrogen) atoms. The van der Waals surface area contributed by atoms with E-state index < -0.39 is 5.82 Å². The van der Waals surface area contributed by atoms with Crippen molar-refractivity contribution >= 4 is 23.2 Å². The lowest BCUT2D eigenvalue weighted by Gasteiger charge is -2.07. The van der Waals surface area contributed by atoms with Crippen molar-refractivity contribution in [1.29, 1.82) is 0 Å². The van der Waals surface area contributed by atoms with Gasteiger partial charge in [0.15, 0.2) is 0 Å². The van der Waals surface area contributed by atoms with Crippen LogP contribution in [0.25, 0.3) is 0 Å². The van der Waals surface area contributed by atoms with Crippen molar-refractivity contribution in [3.8, 4) is 0 Å². The van der Waals surface area contributed by atoms with Gasteiger partial charge in [0.2, 0.25) is 0 Å². The van der Waals surface area contributed by atoms with Gasteiger partial charge in [0.1, 0.15) is 5.82 Å². The number of benzene rings is 2. The van der Waals surface area contributed by atoms with Crippen LogP contribution in [-0.4, -0.2) is 5.91 Å². The summed E-state index contributed by atoms with van der Waals surface area (Å²) in [6.45, 7) is 1.83. The van der Waals surface area contributed by atoms with Crippen LogP contribution in [0.5, 0.6) is 0 Å². The average molecular weight is 264 g/mol. The van der Waals surface area contributed by atoms with E-state index in [-0.39, 0.29) is 11.6 Å². The molecule has 0 fully saturated rings. The SMILES string of the molecule is Cc1ccc(F)c(NC(=O)c2cccc(Cl)c2)c1. The van der Waals surface area contributed by atoms with Crippen LogP contribution in [0.4, 0.5) is 10.1 Å². The summed E-state index contributed by atoms with van der Waals surface area (Å²) in [6.07, 6.45) is 0. The molecule has 1 N–H and O–H groups in total. The summed E-state index contributed by atoms with van der Waals surface area (Å²) in [5, 5.41) is 2.99. The van der Waals surface area contributed by atoms with Crippen molar-refractivity contribution in [3.05, 3.63) is 64.4 Å². The summed E-state index contributed by atoms with van der Waals surface area (Å²) in [4.78, 5) is 11.9. The van der Waals surface area contributed by atoms with E-state index in [2.05, 4.69) is 5.32 Å². The van der Waals surface area contributed by atoms with Crippen molar-refractivity contribution in [2.45, 2.75) is 6.92 Å². The summed E-state index contributed by atoms with van der Waals surface area (Å²) in [7, 11) is 0. The topological polar surface area (TPSA) is 29.1 Å². The van der Waals surface area contributed by atoms with Gasteiger partial charge in [-0.1, -0.05) is 23.7 Å². The molecular formula is C14H11ClFNO. The third kappa shape index (κ3) is 2.87. The van der Waals surface area contributed by atoms with Crippen molar-refractivity contribution < 1.29 is 9.18 Å². The Morgan fingerprint density at radius 1 is 1.22 bits per heavy atom. The number of aryl methyl sites for hydroxylation is 1. The van der Waals surface area contributed by atoms with E-state index in [0.29, 0.717) is 10.6 Å². The van der Waals surface area contributed by atoms with E-state index in [1.165, 1.54) is 12.1 Å². The largest absolute Gasteiger partial charge is 0.319 e. The molecule has 0 bridgehead atoms. The lowest BCUT2D eigenvalue weighted by Crippen LogP contribution is -2.13. The monoisotopic (exact) mass is 263 g/mol. The zero-order chi connectivity index (χ0) is 13.1. The average Bonchev–Trinajstić information content (AvgIpc) is 2.34. The van der Waals surface area contributed by atoms with Gasteiger partial charge in [-0.3, -0.25) is 4.79 Å². The predicted molar refractivity (Wildman–Crippen MR) is 70.5 cm³/mol. The Morgan fingerprint density at radius 2 is 2.00 bits per heavy atom. The number of amides is 1. The predicted octanol–water partition coefficient (Wildman–Crippen LogP) is 4.04. The minimum absolute atomic E-state index is 0.167. The fraction of sp³-hybridized carbons (Fsp3) is 0.0714. The van der Waals surface area contributed by atoms with Gasteiger partial charge < -0.3 is 5.32 Å². The summed E-state index contributed by atoms with van der Waals surface area (Å²) in [5.74, 6) is -0.849. The molecule has 0 aliphatic rings. The van der Waals surface area contributed by atoms with Gasteiger partial charge in [-0.05, 0) is 42.8 Å². The number of hydrogen-bond donors (Lipinski definition) is 1. The maximum absolute atomic E-state index is 13.5. The molecule has 0 saturated heterocycles. The molecule has 0 unspecified atom stereocenters. The highest BCUT2D eigenvalue weighted by Crippen LogP contribution is 2.17. The molecule has 92 valence electrons. The van der Waals surface area contributed by atoms with E-state index in [9.17, 15) is 9.18 Å². The lowest BCUT2D eigenvalue weighted by atomic mass is 10.2. The highest BCUT2D eigenvalue weighted by molar-refractivity contribution is 6.31. The zero-order valence-electron chi connectivity index (χ0n) is 9.71. The van der Waals surface area contributed by atoms with Crippen molar-refractivity contribution in [1.82, 2.24) is 0 Å². The molecule has 0 radical (unpaired) electrons. The van der Waals surface area contributed by atoms with Crippen LogP contribution < -0.4 is 5.32 Å². The summed E-state index contributed by atoms with van der Waals surface area (Å²) in [6, 6.07) is 11.0. The minimum Gasteiger partial charge on any atom is -0.319 e. The van der Waals surface area contributed by atoms with Gasteiger partial charge in [0, 0.05) is 10.6 Å². The molecule has 1 amide bonds. The number of carbonyl (C=O) groups is 1. The molecule has 2 aromatic rings. The number of nitrogens with one attached hydrogen (secondary N) is 1. The van der Waals surface area contributed by atoms with E-state index in [0.717, 1.165) is 5.56 Å². The van der Waals surface area contributed by atoms with Crippen LogP contribution in [0.3, 0.4) is 0 Å². The molecule has 0 aliphatic heterocycles. The molecule has 4 heteroatoms. The van der Waals surface area contributed by atoms with E-state index >= 15 is 0 Å². The molecule has 2 rings (SSSR count). The molecule has 0 saturated carbocycles. The zero-order valence-corrected chi connectivity index (χ0v) is 10.5. The van der Waals surface area contributed by atoms with Gasteiger partial charge in [0.25, 0.3) is 5.91 Å². The quantitative estimate of drug-likeness (QED) is 0.870. The van der Waals surface area contributed by atoms with Crippen LogP contribution in [0.15, 0.2) is 42.5 Å². The van der Waals surface area contributed by atoms with Crippen LogP contribution in [-0.2, 0) is 0 Å². The first-order valence-electron chi connectivity index (χ1n) is 5.39. The fourth-order valence-electron chi connectivity index (χ4n) is 1.56. The van der Waals surface area contributed by atoms with Gasteiger partial charge >= 0.3 is 0 Å². The number of hydrogen-bond acceptors (Lipinski definition) is 1. The Hall–Kier alpha value is -1.87. The Labute approximate surface area is 109 Å². The smallest absolute Gasteiger partial charge is 0.255 e. The second kappa shape index (κ2) is 5.19. The van der Waals surface area contributed by atoms with Gasteiger partial charge in [-0.25, -0.2) is 4.39 Å². The first-order chi connectivity index (χ1) is 8.56. The Balaban J connectivity index is 2.24. The van der Waals surface area contributed by atoms with Crippen molar-refractivity contribution in [3.63, 3.8) is 0 Å². The van der Waals surface area contributed by atoms with Gasteiger partial charge in [-0.15, -0.1) is 0 Å². The minimum atomic E-state index is -0.462. The lowest BCUT2D eigenvalue weighted by molar-refractivity contribution is 0.102. The van der Waals surface area contributed by atoms with Crippen LogP contribution in [0.1, 0.15) is 15.9 Å². The summed E-state index contributed by atoms with van der Waals surface area (Å²) in [5.41, 5.74) is 1.43. The summed E-state index contributed by atoms with van der Waals surface area (Å²) < 4.78 is 13.5. The first-order valence-corrected chi connectivity index (χ1v) is 5.77. The van der Waals surface area contributed by atoms with Crippen LogP contribution >= 0.6 is 11.6 Å². The van der Waals surface area contributed by atoms with Gasteiger partial charge in [-0.2, -0.15) is 0 Å². The summed E-state index contributed by atoms with van der Waals surface area (Å²) >= 11 is 5.79. The molecular weight excluding hydrogens is 253 g/mol. The molecule has 0 aliphatic carbocycles. The Morgan fingerprint density at radius 3 is 2.72 bits per heavy atom. The Bertz CT molecular complexity index is 598. The third-order valence-electron chi connectivity index (χ3n) is 2.46. The number of carbonyl (C=O) groups excluding carboxylic acids is 1. The standard InChI is InChI=1S/C14H11ClFNO/c1-9-5-6-12(16)13(7-9)17-14(18)10-3-2-4-11(15)8-10/h2-8H,1H3,(H,17,18). The third-order valence-corrected chi connectivity index (χ3v) is 2.69. The maximum atomic E-state index is 13.5. The highest BCUT2D eigenvalue weighted by atomic mass is 35.5. The first kappa shape index (κ1) is 12.6. The molecule has 2 nitrogen and oxygen atoms in total. The van der Waals surface area contributed by atoms with Crippen molar-refractivity contribution in [2.24, 2.45) is 0 Å². The van der Waals surface area contributed by atoms with Crippen LogP contribution in [0, 0.1) is 12.7 Å². The molecule has 0 heterocycles.